The fourth-order valence-corrected chi connectivity index (χ4v) is 6.55. The first-order valence-electron chi connectivity index (χ1n) is 9.23. The van der Waals surface area contributed by atoms with Gasteiger partial charge in [-0.25, -0.2) is 0 Å². The first kappa shape index (κ1) is 27.3. The fourth-order valence-electron chi connectivity index (χ4n) is 2.49. The van der Waals surface area contributed by atoms with Gasteiger partial charge in [0.15, 0.2) is 0 Å². The SMILES string of the molecule is CO[Si](CCCSCCCCCCCCCCC(=O)C(F)(F)F)(O[Si])O[Si]. The number of unbranched alkanes of at least 4 members (excludes halogenated alkanes) is 7. The van der Waals surface area contributed by atoms with Crippen molar-refractivity contribution in [3.8, 4) is 0 Å². The Morgan fingerprint density at radius 2 is 1.37 bits per heavy atom. The lowest BCUT2D eigenvalue weighted by Gasteiger charge is -2.24. The molecule has 0 saturated heterocycles. The van der Waals surface area contributed by atoms with Gasteiger partial charge >= 0.3 is 15.0 Å². The molecule has 0 saturated carbocycles. The number of hydrogen-bond donors (Lipinski definition) is 0. The second kappa shape index (κ2) is 16.2. The highest BCUT2D eigenvalue weighted by atomic mass is 32.2. The van der Waals surface area contributed by atoms with E-state index in [9.17, 15) is 18.0 Å². The van der Waals surface area contributed by atoms with Gasteiger partial charge in [-0.05, 0) is 30.8 Å². The van der Waals surface area contributed by atoms with Crippen LogP contribution in [0.3, 0.4) is 0 Å². The number of carbonyl (C=O) groups is 1. The molecule has 0 aromatic carbocycles. The number of ketones is 1. The Morgan fingerprint density at radius 3 is 1.85 bits per heavy atom. The van der Waals surface area contributed by atoms with Crippen molar-refractivity contribution in [2.45, 2.75) is 76.4 Å². The van der Waals surface area contributed by atoms with Crippen molar-refractivity contribution in [2.75, 3.05) is 18.6 Å². The zero-order chi connectivity index (χ0) is 20.6. The monoisotopic (exact) mass is 458 g/mol. The van der Waals surface area contributed by atoms with E-state index in [1.165, 1.54) is 12.8 Å². The molecule has 0 unspecified atom stereocenters. The highest BCUT2D eigenvalue weighted by Crippen LogP contribution is 2.20. The number of alkyl halides is 3. The summed E-state index contributed by atoms with van der Waals surface area (Å²) in [6.45, 7) is 0. The molecular formula is C16H29F3O4SSi3. The van der Waals surface area contributed by atoms with Crippen LogP contribution in [0.5, 0.6) is 0 Å². The van der Waals surface area contributed by atoms with E-state index in [-0.39, 0.29) is 6.42 Å². The van der Waals surface area contributed by atoms with Crippen molar-refractivity contribution in [1.82, 2.24) is 0 Å². The maximum atomic E-state index is 12.0. The molecule has 0 amide bonds. The smallest absolute Gasteiger partial charge is 0.416 e. The summed E-state index contributed by atoms with van der Waals surface area (Å²) >= 11 is 1.90. The fraction of sp³-hybridized carbons (Fsp3) is 0.938. The van der Waals surface area contributed by atoms with Crippen LogP contribution in [0.25, 0.3) is 0 Å². The molecule has 0 N–H and O–H groups in total. The molecule has 0 heterocycles. The van der Waals surface area contributed by atoms with E-state index in [2.05, 4.69) is 21.0 Å². The van der Waals surface area contributed by atoms with Crippen molar-refractivity contribution >= 4 is 47.3 Å². The van der Waals surface area contributed by atoms with Gasteiger partial charge in [-0.2, -0.15) is 24.9 Å². The lowest BCUT2D eigenvalue weighted by molar-refractivity contribution is -0.171. The van der Waals surface area contributed by atoms with E-state index in [0.29, 0.717) is 12.8 Å². The minimum Gasteiger partial charge on any atom is -0.416 e. The third kappa shape index (κ3) is 14.0. The lowest BCUT2D eigenvalue weighted by atomic mass is 10.1. The molecule has 0 rings (SSSR count). The van der Waals surface area contributed by atoms with Gasteiger partial charge in [0.05, 0.1) is 0 Å². The molecular weight excluding hydrogens is 429 g/mol. The van der Waals surface area contributed by atoms with Gasteiger partial charge in [0, 0.05) is 19.6 Å². The van der Waals surface area contributed by atoms with Crippen LogP contribution in [0.1, 0.15) is 64.2 Å². The molecule has 0 aliphatic heterocycles. The van der Waals surface area contributed by atoms with Crippen LogP contribution < -0.4 is 0 Å². The number of halogens is 3. The molecule has 0 aliphatic rings. The normalized spacial score (nSPS) is 12.5. The Kier molecular flexibility index (Phi) is 16.4. The van der Waals surface area contributed by atoms with E-state index in [1.807, 2.05) is 11.8 Å². The maximum Gasteiger partial charge on any atom is 0.479 e. The van der Waals surface area contributed by atoms with Gasteiger partial charge in [0.1, 0.15) is 0 Å². The lowest BCUT2D eigenvalue weighted by Crippen LogP contribution is -2.43. The summed E-state index contributed by atoms with van der Waals surface area (Å²) in [7, 11) is 5.00. The van der Waals surface area contributed by atoms with Crippen LogP contribution >= 0.6 is 11.8 Å². The zero-order valence-corrected chi connectivity index (χ0v) is 19.7. The Bertz CT molecular complexity index is 378. The molecule has 6 radical (unpaired) electrons. The molecule has 0 bridgehead atoms. The summed E-state index contributed by atoms with van der Waals surface area (Å²) in [5, 5.41) is 0. The van der Waals surface area contributed by atoms with Crippen molar-refractivity contribution in [2.24, 2.45) is 0 Å². The molecule has 27 heavy (non-hydrogen) atoms. The van der Waals surface area contributed by atoms with Gasteiger partial charge in [-0.1, -0.05) is 38.5 Å². The third-order valence-corrected chi connectivity index (χ3v) is 9.38. The molecule has 4 nitrogen and oxygen atoms in total. The van der Waals surface area contributed by atoms with Gasteiger partial charge in [0.2, 0.25) is 26.8 Å². The Morgan fingerprint density at radius 1 is 0.889 bits per heavy atom. The van der Waals surface area contributed by atoms with Crippen LogP contribution in [0.4, 0.5) is 13.2 Å². The standard InChI is InChI=1S/C16H29F3O4SSi3/c1-21-27(22-25,23-26)14-10-13-24-12-9-7-5-3-2-4-6-8-11-15(20)16(17,18)19/h2-14H2,1H3. The second-order valence-electron chi connectivity index (χ2n) is 6.31. The summed E-state index contributed by atoms with van der Waals surface area (Å²) in [5.41, 5.74) is 0. The molecule has 0 aromatic rings. The molecule has 0 aromatic heterocycles. The van der Waals surface area contributed by atoms with Crippen LogP contribution in [0, 0.1) is 0 Å². The van der Waals surface area contributed by atoms with Crippen molar-refractivity contribution in [1.29, 1.82) is 0 Å². The number of thioether (sulfide) groups is 1. The van der Waals surface area contributed by atoms with Gasteiger partial charge < -0.3 is 12.7 Å². The summed E-state index contributed by atoms with van der Waals surface area (Å²) in [6.07, 6.45) is 3.45. The predicted octanol–water partition coefficient (Wildman–Crippen LogP) is 4.54. The van der Waals surface area contributed by atoms with Crippen molar-refractivity contribution in [3.05, 3.63) is 0 Å². The highest BCUT2D eigenvalue weighted by molar-refractivity contribution is 7.99. The second-order valence-corrected chi connectivity index (χ2v) is 11.4. The van der Waals surface area contributed by atoms with Crippen LogP contribution in [0.2, 0.25) is 6.04 Å². The predicted molar refractivity (Wildman–Crippen MR) is 106 cm³/mol. The van der Waals surface area contributed by atoms with Gasteiger partial charge in [-0.3, -0.25) is 4.79 Å². The Hall–Kier alpha value is 0.341. The summed E-state index contributed by atoms with van der Waals surface area (Å²) in [6, 6.07) is 0.734. The van der Waals surface area contributed by atoms with E-state index in [4.69, 9.17) is 12.7 Å². The summed E-state index contributed by atoms with van der Waals surface area (Å²) in [4.78, 5) is 10.7. The topological polar surface area (TPSA) is 44.8 Å². The van der Waals surface area contributed by atoms with Gasteiger partial charge in [-0.15, -0.1) is 0 Å². The van der Waals surface area contributed by atoms with E-state index >= 15 is 0 Å². The van der Waals surface area contributed by atoms with Crippen LogP contribution in [-0.2, 0) is 17.5 Å². The summed E-state index contributed by atoms with van der Waals surface area (Å²) < 4.78 is 51.7. The molecule has 0 fully saturated rings. The van der Waals surface area contributed by atoms with Crippen molar-refractivity contribution < 1.29 is 30.6 Å². The highest BCUT2D eigenvalue weighted by Gasteiger charge is 2.37. The Balaban J connectivity index is 3.36. The van der Waals surface area contributed by atoms with Crippen LogP contribution in [-0.4, -0.2) is 60.4 Å². The molecule has 0 aliphatic carbocycles. The molecule has 11 heteroatoms. The largest absolute Gasteiger partial charge is 0.479 e. The van der Waals surface area contributed by atoms with E-state index < -0.39 is 20.8 Å². The number of Topliss-reactive ketones (excluding diaryl/α,β-unsaturated/α-hetero) is 1. The summed E-state index contributed by atoms with van der Waals surface area (Å²) in [5.74, 6) is 0.541. The zero-order valence-electron chi connectivity index (χ0n) is 15.9. The maximum absolute atomic E-state index is 12.0. The average molecular weight is 459 g/mol. The van der Waals surface area contributed by atoms with Crippen molar-refractivity contribution in [3.63, 3.8) is 0 Å². The number of rotatable bonds is 18. The number of hydrogen-bond acceptors (Lipinski definition) is 5. The van der Waals surface area contributed by atoms with E-state index in [1.54, 1.807) is 7.11 Å². The third-order valence-electron chi connectivity index (χ3n) is 4.15. The first-order valence-corrected chi connectivity index (χ1v) is 13.1. The first-order chi connectivity index (χ1) is 12.8. The molecule has 156 valence electrons. The minimum atomic E-state index is -4.67. The van der Waals surface area contributed by atoms with Crippen LogP contribution in [0.15, 0.2) is 0 Å². The van der Waals surface area contributed by atoms with Gasteiger partial charge in [0.25, 0.3) is 0 Å². The number of carbonyl (C=O) groups excluding carboxylic acids is 1. The molecule has 0 spiro atoms. The minimum absolute atomic E-state index is 0.336. The molecule has 0 atom stereocenters. The Labute approximate surface area is 173 Å². The quantitative estimate of drug-likeness (QED) is 0.223. The average Bonchev–Trinajstić information content (AvgIpc) is 2.64. The van der Waals surface area contributed by atoms with E-state index in [0.717, 1.165) is 49.7 Å².